The van der Waals surface area contributed by atoms with E-state index in [1.165, 1.54) is 0 Å². The number of carbonyl (C=O) groups excluding carboxylic acids is 2. The lowest BCUT2D eigenvalue weighted by Gasteiger charge is -2.13. The van der Waals surface area contributed by atoms with Gasteiger partial charge in [-0.3, -0.25) is 20.4 Å². The molecule has 2 amide bonds. The second-order valence-corrected chi connectivity index (χ2v) is 5.69. The van der Waals surface area contributed by atoms with Crippen molar-refractivity contribution in [1.82, 2.24) is 10.9 Å². The summed E-state index contributed by atoms with van der Waals surface area (Å²) in [6.07, 6.45) is 0.162. The second kappa shape index (κ2) is 7.65. The molecule has 6 heteroatoms. The first kappa shape index (κ1) is 16.8. The quantitative estimate of drug-likeness (QED) is 0.846. The first-order valence-electron chi connectivity index (χ1n) is 7.07. The number of hydrogen-bond donors (Lipinski definition) is 2. The number of nitrogens with zero attached hydrogens (tertiary/aromatic N) is 1. The van der Waals surface area contributed by atoms with Crippen LogP contribution in [0, 0.1) is 0 Å². The van der Waals surface area contributed by atoms with Crippen molar-refractivity contribution in [2.75, 3.05) is 19.0 Å². The average molecular weight is 332 g/mol. The van der Waals surface area contributed by atoms with Gasteiger partial charge >= 0.3 is 0 Å². The second-order valence-electron chi connectivity index (χ2n) is 5.25. The smallest absolute Gasteiger partial charge is 0.269 e. The van der Waals surface area contributed by atoms with Crippen molar-refractivity contribution < 1.29 is 9.59 Å². The molecule has 0 saturated heterocycles. The highest BCUT2D eigenvalue weighted by molar-refractivity contribution is 6.30. The van der Waals surface area contributed by atoms with Crippen molar-refractivity contribution >= 4 is 29.1 Å². The fraction of sp³-hybridized carbons (Fsp3) is 0.176. The third-order valence-corrected chi connectivity index (χ3v) is 3.47. The maximum atomic E-state index is 12.1. The molecule has 0 aliphatic heterocycles. The molecule has 0 radical (unpaired) electrons. The van der Waals surface area contributed by atoms with Gasteiger partial charge in [0.2, 0.25) is 5.91 Å². The topological polar surface area (TPSA) is 61.4 Å². The minimum atomic E-state index is -0.363. The predicted octanol–water partition coefficient (Wildman–Crippen LogP) is 2.41. The lowest BCUT2D eigenvalue weighted by molar-refractivity contribution is -0.121. The van der Waals surface area contributed by atoms with Gasteiger partial charge < -0.3 is 4.90 Å². The Hall–Kier alpha value is -2.53. The molecule has 0 unspecified atom stereocenters. The fourth-order valence-electron chi connectivity index (χ4n) is 1.96. The first-order valence-corrected chi connectivity index (χ1v) is 7.44. The molecule has 0 aliphatic rings. The standard InChI is InChI=1S/C17H18ClN3O2/c1-21(2)15-5-3-4-13(11-15)17(23)20-19-16(22)10-12-6-8-14(18)9-7-12/h3-9,11H,10H2,1-2H3,(H,19,22)(H,20,23). The molecule has 0 atom stereocenters. The van der Waals surface area contributed by atoms with Gasteiger partial charge in [0.1, 0.15) is 0 Å². The molecule has 0 fully saturated rings. The first-order chi connectivity index (χ1) is 11.0. The number of halogens is 1. The van der Waals surface area contributed by atoms with Crippen LogP contribution in [0.15, 0.2) is 48.5 Å². The number of nitrogens with one attached hydrogen (secondary N) is 2. The van der Waals surface area contributed by atoms with E-state index in [-0.39, 0.29) is 18.2 Å². The van der Waals surface area contributed by atoms with Crippen LogP contribution < -0.4 is 15.8 Å². The van der Waals surface area contributed by atoms with E-state index in [2.05, 4.69) is 10.9 Å². The van der Waals surface area contributed by atoms with Crippen LogP contribution in [0.1, 0.15) is 15.9 Å². The van der Waals surface area contributed by atoms with Crippen LogP contribution in [0.5, 0.6) is 0 Å². The molecule has 2 aromatic rings. The van der Waals surface area contributed by atoms with E-state index in [1.54, 1.807) is 42.5 Å². The van der Waals surface area contributed by atoms with Gasteiger partial charge in [0.05, 0.1) is 6.42 Å². The summed E-state index contributed by atoms with van der Waals surface area (Å²) >= 11 is 5.79. The summed E-state index contributed by atoms with van der Waals surface area (Å²) < 4.78 is 0. The number of carbonyl (C=O) groups is 2. The zero-order chi connectivity index (χ0) is 16.8. The van der Waals surface area contributed by atoms with Crippen molar-refractivity contribution in [3.05, 3.63) is 64.7 Å². The Morgan fingerprint density at radius 3 is 2.39 bits per heavy atom. The summed E-state index contributed by atoms with van der Waals surface area (Å²) in [4.78, 5) is 25.8. The number of amides is 2. The SMILES string of the molecule is CN(C)c1cccc(C(=O)NNC(=O)Cc2ccc(Cl)cc2)c1. The molecule has 120 valence electrons. The van der Waals surface area contributed by atoms with Crippen molar-refractivity contribution in [3.8, 4) is 0 Å². The number of hydrazine groups is 1. The highest BCUT2D eigenvalue weighted by atomic mass is 35.5. The van der Waals surface area contributed by atoms with E-state index in [0.717, 1.165) is 11.3 Å². The molecule has 0 aromatic heterocycles. The highest BCUT2D eigenvalue weighted by Crippen LogP contribution is 2.13. The summed E-state index contributed by atoms with van der Waals surface area (Å²) in [6, 6.07) is 14.1. The van der Waals surface area contributed by atoms with E-state index in [0.29, 0.717) is 10.6 Å². The minimum absolute atomic E-state index is 0.162. The summed E-state index contributed by atoms with van der Waals surface area (Å²) in [6.45, 7) is 0. The van der Waals surface area contributed by atoms with Crippen LogP contribution in [0.4, 0.5) is 5.69 Å². The van der Waals surface area contributed by atoms with E-state index in [4.69, 9.17) is 11.6 Å². The maximum Gasteiger partial charge on any atom is 0.269 e. The van der Waals surface area contributed by atoms with Crippen molar-refractivity contribution in [2.45, 2.75) is 6.42 Å². The largest absolute Gasteiger partial charge is 0.378 e. The van der Waals surface area contributed by atoms with Gasteiger partial charge in [-0.15, -0.1) is 0 Å². The average Bonchev–Trinajstić information content (AvgIpc) is 2.55. The monoisotopic (exact) mass is 331 g/mol. The Balaban J connectivity index is 1.89. The molecular formula is C17H18ClN3O2. The van der Waals surface area contributed by atoms with Crippen LogP contribution in [0.25, 0.3) is 0 Å². The van der Waals surface area contributed by atoms with Gasteiger partial charge in [0.25, 0.3) is 5.91 Å². The van der Waals surface area contributed by atoms with Crippen LogP contribution in [0.3, 0.4) is 0 Å². The van der Waals surface area contributed by atoms with E-state index < -0.39 is 0 Å². The summed E-state index contributed by atoms with van der Waals surface area (Å²) in [7, 11) is 3.79. The molecule has 23 heavy (non-hydrogen) atoms. The van der Waals surface area contributed by atoms with Gasteiger partial charge in [0, 0.05) is 30.4 Å². The van der Waals surface area contributed by atoms with E-state index in [9.17, 15) is 9.59 Å². The molecule has 5 nitrogen and oxygen atoms in total. The Labute approximate surface area is 140 Å². The summed E-state index contributed by atoms with van der Waals surface area (Å²) in [5, 5.41) is 0.614. The zero-order valence-corrected chi connectivity index (χ0v) is 13.7. The Kier molecular flexibility index (Phi) is 5.60. The molecule has 0 heterocycles. The van der Waals surface area contributed by atoms with Crippen LogP contribution in [-0.2, 0) is 11.2 Å². The van der Waals surface area contributed by atoms with Crippen molar-refractivity contribution in [2.24, 2.45) is 0 Å². The lowest BCUT2D eigenvalue weighted by atomic mass is 10.1. The Bertz CT molecular complexity index is 699. The third-order valence-electron chi connectivity index (χ3n) is 3.22. The number of benzene rings is 2. The normalized spacial score (nSPS) is 10.0. The molecule has 2 rings (SSSR count). The van der Waals surface area contributed by atoms with Gasteiger partial charge in [-0.1, -0.05) is 29.8 Å². The molecule has 0 spiro atoms. The third kappa shape index (κ3) is 5.00. The van der Waals surface area contributed by atoms with E-state index in [1.807, 2.05) is 25.1 Å². The van der Waals surface area contributed by atoms with Crippen LogP contribution >= 0.6 is 11.6 Å². The molecule has 2 aromatic carbocycles. The Morgan fingerprint density at radius 1 is 1.04 bits per heavy atom. The van der Waals surface area contributed by atoms with Gasteiger partial charge in [-0.2, -0.15) is 0 Å². The Morgan fingerprint density at radius 2 is 1.74 bits per heavy atom. The summed E-state index contributed by atoms with van der Waals surface area (Å²) in [5.74, 6) is -0.664. The van der Waals surface area contributed by atoms with Crippen molar-refractivity contribution in [3.63, 3.8) is 0 Å². The van der Waals surface area contributed by atoms with Gasteiger partial charge in [-0.25, -0.2) is 0 Å². The fourth-order valence-corrected chi connectivity index (χ4v) is 2.08. The van der Waals surface area contributed by atoms with Gasteiger partial charge in [-0.05, 0) is 35.9 Å². The number of anilines is 1. The highest BCUT2D eigenvalue weighted by Gasteiger charge is 2.09. The molecule has 0 aliphatic carbocycles. The molecular weight excluding hydrogens is 314 g/mol. The lowest BCUT2D eigenvalue weighted by Crippen LogP contribution is -2.42. The number of hydrogen-bond acceptors (Lipinski definition) is 3. The zero-order valence-electron chi connectivity index (χ0n) is 13.0. The molecule has 0 bridgehead atoms. The number of rotatable bonds is 4. The van der Waals surface area contributed by atoms with E-state index >= 15 is 0 Å². The van der Waals surface area contributed by atoms with Crippen molar-refractivity contribution in [1.29, 1.82) is 0 Å². The van der Waals surface area contributed by atoms with Crippen LogP contribution in [0.2, 0.25) is 5.02 Å². The maximum absolute atomic E-state index is 12.1. The van der Waals surface area contributed by atoms with Crippen LogP contribution in [-0.4, -0.2) is 25.9 Å². The summed E-state index contributed by atoms with van der Waals surface area (Å²) in [5.41, 5.74) is 7.02. The molecule has 0 saturated carbocycles. The predicted molar refractivity (Wildman–Crippen MR) is 91.5 cm³/mol. The van der Waals surface area contributed by atoms with Gasteiger partial charge in [0.15, 0.2) is 0 Å². The molecule has 2 N–H and O–H groups in total. The minimum Gasteiger partial charge on any atom is -0.378 e.